The van der Waals surface area contributed by atoms with Gasteiger partial charge in [-0.3, -0.25) is 4.98 Å². The minimum Gasteiger partial charge on any atom is -0.390 e. The van der Waals surface area contributed by atoms with Crippen molar-refractivity contribution in [3.63, 3.8) is 0 Å². The van der Waals surface area contributed by atoms with Crippen LogP contribution >= 0.6 is 0 Å². The number of nitrogens with two attached hydrogens (primary N) is 1. The topological polar surface area (TPSA) is 99.1 Å². The highest BCUT2D eigenvalue weighted by Crippen LogP contribution is 2.34. The molecule has 3 N–H and O–H groups in total. The van der Waals surface area contributed by atoms with E-state index in [1.807, 2.05) is 41.2 Å². The van der Waals surface area contributed by atoms with Crippen LogP contribution in [0.3, 0.4) is 0 Å². The van der Waals surface area contributed by atoms with Crippen molar-refractivity contribution in [3.8, 4) is 17.1 Å². The zero-order valence-electron chi connectivity index (χ0n) is 19.3. The van der Waals surface area contributed by atoms with E-state index in [-0.39, 0.29) is 12.6 Å². The first-order valence-corrected chi connectivity index (χ1v) is 11.8. The number of nitrogens with zero attached hydrogens (tertiary/aromatic N) is 4. The van der Waals surface area contributed by atoms with E-state index in [0.717, 1.165) is 52.7 Å². The number of ether oxygens (including phenoxy) is 1. The van der Waals surface area contributed by atoms with Gasteiger partial charge in [-0.2, -0.15) is 5.10 Å². The smallest absolute Gasteiger partial charge is 0.154 e. The zero-order valence-corrected chi connectivity index (χ0v) is 19.3. The third-order valence-corrected chi connectivity index (χ3v) is 6.21. The predicted octanol–water partition coefficient (Wildman–Crippen LogP) is 4.58. The van der Waals surface area contributed by atoms with Gasteiger partial charge >= 0.3 is 0 Å². The molecule has 1 aliphatic heterocycles. The highest BCUT2D eigenvalue weighted by Gasteiger charge is 2.18. The molecule has 174 valence electrons. The Balaban J connectivity index is 1.70. The van der Waals surface area contributed by atoms with E-state index in [0.29, 0.717) is 24.7 Å². The first-order valence-electron chi connectivity index (χ1n) is 11.8. The molecule has 0 amide bonds. The van der Waals surface area contributed by atoms with Crippen LogP contribution in [0.2, 0.25) is 0 Å². The summed E-state index contributed by atoms with van der Waals surface area (Å²) in [5, 5.41) is 15.3. The molecule has 0 aliphatic carbocycles. The molecule has 1 unspecified atom stereocenters. The van der Waals surface area contributed by atoms with Crippen LogP contribution in [0.5, 0.6) is 0 Å². The third kappa shape index (κ3) is 4.37. The normalized spacial score (nSPS) is 14.9. The quantitative estimate of drug-likeness (QED) is 0.423. The summed E-state index contributed by atoms with van der Waals surface area (Å²) < 4.78 is 7.38. The van der Waals surface area contributed by atoms with Crippen molar-refractivity contribution in [2.45, 2.75) is 38.8 Å². The summed E-state index contributed by atoms with van der Waals surface area (Å²) in [5.41, 5.74) is 13.1. The number of pyridine rings is 2. The monoisotopic (exact) mass is 455 g/mol. The van der Waals surface area contributed by atoms with Crippen molar-refractivity contribution in [1.29, 1.82) is 0 Å². The summed E-state index contributed by atoms with van der Waals surface area (Å²) in [7, 11) is 0. The molecule has 0 saturated heterocycles. The minimum absolute atomic E-state index is 0.0812. The van der Waals surface area contributed by atoms with Gasteiger partial charge in [-0.15, -0.1) is 0 Å². The van der Waals surface area contributed by atoms with Gasteiger partial charge in [-0.25, -0.2) is 9.67 Å². The Bertz CT molecular complexity index is 1340. The summed E-state index contributed by atoms with van der Waals surface area (Å²) in [6, 6.07) is 15.8. The van der Waals surface area contributed by atoms with Crippen molar-refractivity contribution in [3.05, 3.63) is 77.8 Å². The van der Waals surface area contributed by atoms with E-state index in [2.05, 4.69) is 35.2 Å². The summed E-state index contributed by atoms with van der Waals surface area (Å²) in [6.45, 7) is 3.32. The highest BCUT2D eigenvalue weighted by molar-refractivity contribution is 5.96. The van der Waals surface area contributed by atoms with Gasteiger partial charge in [0, 0.05) is 17.0 Å². The number of aromatic nitrogens is 4. The lowest BCUT2D eigenvalue weighted by Crippen LogP contribution is -2.11. The number of benzene rings is 1. The lowest BCUT2D eigenvalue weighted by atomic mass is 9.95. The van der Waals surface area contributed by atoms with Gasteiger partial charge < -0.3 is 15.6 Å². The Labute approximate surface area is 198 Å². The molecule has 4 heterocycles. The van der Waals surface area contributed by atoms with Crippen LogP contribution in [-0.4, -0.2) is 38.1 Å². The molecule has 1 aliphatic rings. The van der Waals surface area contributed by atoms with Crippen molar-refractivity contribution in [2.75, 3.05) is 13.2 Å². The first kappa shape index (κ1) is 22.4. The van der Waals surface area contributed by atoms with Crippen molar-refractivity contribution in [1.82, 2.24) is 19.7 Å². The van der Waals surface area contributed by atoms with E-state index in [1.54, 1.807) is 6.07 Å². The van der Waals surface area contributed by atoms with E-state index >= 15 is 0 Å². The Morgan fingerprint density at radius 1 is 1.15 bits per heavy atom. The molecule has 1 atom stereocenters. The predicted molar refractivity (Wildman–Crippen MR) is 133 cm³/mol. The van der Waals surface area contributed by atoms with E-state index in [1.165, 1.54) is 5.57 Å². The van der Waals surface area contributed by atoms with Gasteiger partial charge in [0.05, 0.1) is 48.6 Å². The van der Waals surface area contributed by atoms with Gasteiger partial charge in [-0.05, 0) is 60.4 Å². The van der Waals surface area contributed by atoms with Gasteiger partial charge in [0.25, 0.3) is 0 Å². The Kier molecular flexibility index (Phi) is 6.49. The summed E-state index contributed by atoms with van der Waals surface area (Å²) in [6.07, 6.45) is 6.78. The maximum absolute atomic E-state index is 9.56. The van der Waals surface area contributed by atoms with Crippen LogP contribution in [0, 0.1) is 0 Å². The maximum atomic E-state index is 9.56. The SMILES string of the molecule is CCCC(N)c1cccc(-c2cc(C3=CCOCC3)c3cnn(-c4cccc(CO)n4)c3c2)n1. The zero-order chi connectivity index (χ0) is 23.5. The van der Waals surface area contributed by atoms with Crippen LogP contribution in [0.1, 0.15) is 49.2 Å². The van der Waals surface area contributed by atoms with Crippen LogP contribution in [0.15, 0.2) is 60.8 Å². The number of aliphatic hydroxyl groups excluding tert-OH is 1. The van der Waals surface area contributed by atoms with Gasteiger partial charge in [0.1, 0.15) is 0 Å². The largest absolute Gasteiger partial charge is 0.390 e. The summed E-state index contributed by atoms with van der Waals surface area (Å²) in [4.78, 5) is 9.49. The molecule has 34 heavy (non-hydrogen) atoms. The maximum Gasteiger partial charge on any atom is 0.154 e. The average molecular weight is 456 g/mol. The molecular formula is C27H29N5O2. The summed E-state index contributed by atoms with van der Waals surface area (Å²) >= 11 is 0. The molecule has 0 saturated carbocycles. The van der Waals surface area contributed by atoms with Crippen molar-refractivity contribution in [2.24, 2.45) is 5.73 Å². The number of aliphatic hydroxyl groups is 1. The number of fused-ring (bicyclic) bond motifs is 1. The number of rotatable bonds is 7. The van der Waals surface area contributed by atoms with Crippen LogP contribution in [0.4, 0.5) is 0 Å². The third-order valence-electron chi connectivity index (χ3n) is 6.21. The van der Waals surface area contributed by atoms with E-state index < -0.39 is 0 Å². The Morgan fingerprint density at radius 3 is 2.82 bits per heavy atom. The summed E-state index contributed by atoms with van der Waals surface area (Å²) in [5.74, 6) is 0.664. The second-order valence-electron chi connectivity index (χ2n) is 8.56. The minimum atomic E-state index is -0.120. The second kappa shape index (κ2) is 9.85. The molecular weight excluding hydrogens is 426 g/mol. The number of hydrogen-bond acceptors (Lipinski definition) is 6. The molecule has 1 aromatic carbocycles. The van der Waals surface area contributed by atoms with Crippen molar-refractivity contribution >= 4 is 16.5 Å². The first-order chi connectivity index (χ1) is 16.7. The standard InChI is InChI=1S/C27H29N5O2/c1-2-5-23(28)25-8-4-7-24(31-25)19-14-21(18-10-12-34-13-11-18)22-16-29-32(26(22)15-19)27-9-3-6-20(17-33)30-27/h3-4,6-10,14-16,23,33H,2,5,11-13,17,28H2,1H3. The fourth-order valence-electron chi connectivity index (χ4n) is 4.44. The Morgan fingerprint density at radius 2 is 2.03 bits per heavy atom. The van der Waals surface area contributed by atoms with Gasteiger partial charge in [0.15, 0.2) is 5.82 Å². The lowest BCUT2D eigenvalue weighted by Gasteiger charge is -2.17. The van der Waals surface area contributed by atoms with Crippen LogP contribution in [0.25, 0.3) is 33.6 Å². The molecule has 0 bridgehead atoms. The van der Waals surface area contributed by atoms with Crippen LogP contribution < -0.4 is 5.73 Å². The fraction of sp³-hybridized carbons (Fsp3) is 0.296. The Hall–Kier alpha value is -3.39. The molecule has 7 heteroatoms. The molecule has 0 fully saturated rings. The van der Waals surface area contributed by atoms with Gasteiger partial charge in [-0.1, -0.05) is 31.6 Å². The molecule has 0 spiro atoms. The molecule has 4 aromatic rings. The molecule has 5 rings (SSSR count). The van der Waals surface area contributed by atoms with E-state index in [9.17, 15) is 5.11 Å². The molecule has 3 aromatic heterocycles. The molecule has 0 radical (unpaired) electrons. The molecule has 7 nitrogen and oxygen atoms in total. The number of hydrogen-bond donors (Lipinski definition) is 2. The van der Waals surface area contributed by atoms with Crippen molar-refractivity contribution < 1.29 is 9.84 Å². The lowest BCUT2D eigenvalue weighted by molar-refractivity contribution is 0.161. The van der Waals surface area contributed by atoms with Crippen LogP contribution in [-0.2, 0) is 11.3 Å². The fourth-order valence-corrected chi connectivity index (χ4v) is 4.44. The second-order valence-corrected chi connectivity index (χ2v) is 8.56. The highest BCUT2D eigenvalue weighted by atomic mass is 16.5. The average Bonchev–Trinajstić information content (AvgIpc) is 3.33. The van der Waals surface area contributed by atoms with E-state index in [4.69, 9.17) is 15.5 Å². The van der Waals surface area contributed by atoms with Gasteiger partial charge in [0.2, 0.25) is 0 Å².